The maximum Gasteiger partial charge on any atom is 0.274 e. The molecule has 4 aromatic rings. The molecule has 1 spiro atoms. The first-order valence-electron chi connectivity index (χ1n) is 10.7. The Morgan fingerprint density at radius 1 is 1.12 bits per heavy atom. The minimum absolute atomic E-state index is 0.0240. The number of anilines is 1. The van der Waals surface area contributed by atoms with Crippen LogP contribution in [0.5, 0.6) is 11.5 Å². The zero-order chi connectivity index (χ0) is 23.1. The molecule has 6 rings (SSSR count). The van der Waals surface area contributed by atoms with Gasteiger partial charge in [-0.1, -0.05) is 24.3 Å². The van der Waals surface area contributed by atoms with E-state index in [4.69, 9.17) is 9.47 Å². The van der Waals surface area contributed by atoms with Gasteiger partial charge in [0.15, 0.2) is 11.5 Å². The van der Waals surface area contributed by atoms with Gasteiger partial charge in [-0.3, -0.25) is 10.1 Å². The Labute approximate surface area is 194 Å². The fraction of sp³-hybridized carbons (Fsp3) is 0.231. The summed E-state index contributed by atoms with van der Waals surface area (Å²) in [5.74, 6) is 0.876. The van der Waals surface area contributed by atoms with E-state index in [9.17, 15) is 10.1 Å². The van der Waals surface area contributed by atoms with E-state index in [0.717, 1.165) is 5.69 Å². The van der Waals surface area contributed by atoms with Crippen LogP contribution >= 0.6 is 11.3 Å². The Hall–Kier alpha value is -3.58. The number of non-ortho nitro benzene ring substituents is 1. The van der Waals surface area contributed by atoms with Crippen molar-refractivity contribution in [3.05, 3.63) is 75.8 Å². The smallest absolute Gasteiger partial charge is 0.274 e. The molecule has 6 nitrogen and oxygen atoms in total. The summed E-state index contributed by atoms with van der Waals surface area (Å²) in [6, 6.07) is 15.8. The van der Waals surface area contributed by atoms with Crippen LogP contribution in [0.3, 0.4) is 0 Å². The summed E-state index contributed by atoms with van der Waals surface area (Å²) in [4.78, 5) is 13.1. The zero-order valence-corrected chi connectivity index (χ0v) is 19.5. The predicted octanol–water partition coefficient (Wildman–Crippen LogP) is 6.50. The number of hydrogen-bond donors (Lipinski definition) is 0. The molecule has 0 amide bonds. The van der Waals surface area contributed by atoms with Gasteiger partial charge in [0.2, 0.25) is 5.72 Å². The first-order chi connectivity index (χ1) is 15.8. The van der Waals surface area contributed by atoms with Crippen molar-refractivity contribution in [2.75, 3.05) is 19.1 Å². The molecule has 0 radical (unpaired) electrons. The van der Waals surface area contributed by atoms with Crippen molar-refractivity contribution in [2.45, 2.75) is 25.0 Å². The Morgan fingerprint density at radius 2 is 1.91 bits per heavy atom. The second-order valence-electron chi connectivity index (χ2n) is 9.07. The van der Waals surface area contributed by atoms with Gasteiger partial charge in [0.1, 0.15) is 0 Å². The monoisotopic (exact) mass is 458 g/mol. The van der Waals surface area contributed by atoms with Crippen LogP contribution in [0.2, 0.25) is 0 Å². The topological polar surface area (TPSA) is 64.8 Å². The van der Waals surface area contributed by atoms with Crippen LogP contribution in [0.15, 0.2) is 54.6 Å². The Balaban J connectivity index is 1.58. The molecule has 0 aliphatic carbocycles. The van der Waals surface area contributed by atoms with E-state index in [1.807, 2.05) is 30.5 Å². The van der Waals surface area contributed by atoms with Gasteiger partial charge in [0.05, 0.1) is 23.5 Å². The molecule has 0 unspecified atom stereocenters. The maximum atomic E-state index is 11.4. The molecule has 33 heavy (non-hydrogen) atoms. The van der Waals surface area contributed by atoms with E-state index < -0.39 is 16.1 Å². The van der Waals surface area contributed by atoms with Gasteiger partial charge in [0, 0.05) is 50.1 Å². The number of thiophene rings is 1. The van der Waals surface area contributed by atoms with Crippen LogP contribution in [0.1, 0.15) is 25.0 Å². The molecule has 0 N–H and O–H groups in total. The molecule has 166 valence electrons. The Morgan fingerprint density at radius 3 is 2.67 bits per heavy atom. The number of nitro benzene ring substituents is 1. The maximum absolute atomic E-state index is 11.4. The minimum Gasteiger partial charge on any atom is -0.493 e. The molecule has 0 saturated carbocycles. The van der Waals surface area contributed by atoms with Crippen molar-refractivity contribution in [3.8, 4) is 11.5 Å². The Kier molecular flexibility index (Phi) is 3.94. The number of nitrogens with zero attached hydrogens (tertiary/aromatic N) is 2. The number of methoxy groups -OCH3 is 1. The third-order valence-corrected chi connectivity index (χ3v) is 8.35. The van der Waals surface area contributed by atoms with Crippen LogP contribution in [0.25, 0.3) is 26.2 Å². The van der Waals surface area contributed by atoms with Crippen LogP contribution in [-0.4, -0.2) is 24.8 Å². The van der Waals surface area contributed by atoms with Crippen LogP contribution < -0.4 is 14.4 Å². The molecule has 1 aromatic heterocycles. The fourth-order valence-electron chi connectivity index (χ4n) is 5.45. The van der Waals surface area contributed by atoms with E-state index in [-0.39, 0.29) is 5.69 Å². The average molecular weight is 459 g/mol. The van der Waals surface area contributed by atoms with Crippen molar-refractivity contribution in [3.63, 3.8) is 0 Å². The SMILES string of the molecule is COc1cc([N+](=O)[O-])cc2c1O[C@]1(C=C2)N(C)c2ccc3c(sc4ccccc43)c2C1(C)C. The third-order valence-electron chi connectivity index (χ3n) is 7.15. The van der Waals surface area contributed by atoms with E-state index in [1.54, 1.807) is 0 Å². The highest BCUT2D eigenvalue weighted by Crippen LogP contribution is 2.58. The lowest BCUT2D eigenvalue weighted by Gasteiger charge is -2.45. The van der Waals surface area contributed by atoms with Crippen LogP contribution in [-0.2, 0) is 5.41 Å². The lowest BCUT2D eigenvalue weighted by atomic mass is 9.76. The second kappa shape index (κ2) is 6.48. The molecule has 3 heterocycles. The number of ether oxygens (including phenoxy) is 2. The number of benzene rings is 3. The van der Waals surface area contributed by atoms with Gasteiger partial charge in [-0.05, 0) is 38.1 Å². The minimum atomic E-state index is -0.809. The largest absolute Gasteiger partial charge is 0.493 e. The fourth-order valence-corrected chi connectivity index (χ4v) is 6.85. The average Bonchev–Trinajstić information content (AvgIpc) is 3.26. The van der Waals surface area contributed by atoms with Crippen LogP contribution in [0.4, 0.5) is 11.4 Å². The first kappa shape index (κ1) is 20.1. The summed E-state index contributed by atoms with van der Waals surface area (Å²) in [6.45, 7) is 4.40. The summed E-state index contributed by atoms with van der Waals surface area (Å²) in [5.41, 5.74) is 1.75. The van der Waals surface area contributed by atoms with Crippen molar-refractivity contribution >= 4 is 49.0 Å². The summed E-state index contributed by atoms with van der Waals surface area (Å²) in [6.07, 6.45) is 3.94. The highest BCUT2D eigenvalue weighted by atomic mass is 32.1. The Bertz CT molecular complexity index is 1520. The van der Waals surface area contributed by atoms with E-state index in [2.05, 4.69) is 55.1 Å². The summed E-state index contributed by atoms with van der Waals surface area (Å²) < 4.78 is 14.8. The standard InChI is InChI=1S/C26H22N2O4S/c1-25(2)22-19(10-9-18-17-7-5-6-8-21(17)33-24(18)22)27(3)26(25)12-11-15-13-16(28(29)30)14-20(31-4)23(15)32-26/h5-14H,1-4H3/t26-/m0/s1. The molecular formula is C26H22N2O4S. The zero-order valence-electron chi connectivity index (χ0n) is 18.7. The van der Waals surface area contributed by atoms with Crippen molar-refractivity contribution < 1.29 is 14.4 Å². The molecule has 2 aliphatic rings. The molecule has 7 heteroatoms. The quantitative estimate of drug-likeness (QED) is 0.253. The van der Waals surface area contributed by atoms with Gasteiger partial charge in [0.25, 0.3) is 5.69 Å². The number of nitro groups is 1. The van der Waals surface area contributed by atoms with E-state index in [0.29, 0.717) is 17.1 Å². The van der Waals surface area contributed by atoms with E-state index >= 15 is 0 Å². The van der Waals surface area contributed by atoms with Gasteiger partial charge in [-0.25, -0.2) is 0 Å². The van der Waals surface area contributed by atoms with Gasteiger partial charge in [-0.15, -0.1) is 11.3 Å². The van der Waals surface area contributed by atoms with Crippen molar-refractivity contribution in [1.82, 2.24) is 0 Å². The first-order valence-corrected chi connectivity index (χ1v) is 11.5. The van der Waals surface area contributed by atoms with Gasteiger partial charge >= 0.3 is 0 Å². The second-order valence-corrected chi connectivity index (χ2v) is 10.1. The third kappa shape index (κ3) is 2.43. The molecule has 0 bridgehead atoms. The lowest BCUT2D eigenvalue weighted by Crippen LogP contribution is -2.58. The van der Waals surface area contributed by atoms with Crippen molar-refractivity contribution in [2.24, 2.45) is 0 Å². The molecule has 0 fully saturated rings. The van der Waals surface area contributed by atoms with Crippen molar-refractivity contribution in [1.29, 1.82) is 0 Å². The molecular weight excluding hydrogens is 436 g/mol. The van der Waals surface area contributed by atoms with Gasteiger partial charge < -0.3 is 14.4 Å². The van der Waals surface area contributed by atoms with Crippen LogP contribution in [0, 0.1) is 10.1 Å². The number of rotatable bonds is 2. The number of fused-ring (bicyclic) bond motifs is 6. The van der Waals surface area contributed by atoms with E-state index in [1.165, 1.54) is 45.0 Å². The van der Waals surface area contributed by atoms with Gasteiger partial charge in [-0.2, -0.15) is 0 Å². The highest BCUT2D eigenvalue weighted by Gasteiger charge is 2.59. The summed E-state index contributed by atoms with van der Waals surface area (Å²) in [5, 5.41) is 13.9. The number of likely N-dealkylation sites (N-methyl/N-ethyl adjacent to an activating group) is 1. The number of hydrogen-bond acceptors (Lipinski definition) is 6. The molecule has 2 aliphatic heterocycles. The molecule has 0 saturated heterocycles. The highest BCUT2D eigenvalue weighted by molar-refractivity contribution is 7.26. The predicted molar refractivity (Wildman–Crippen MR) is 133 cm³/mol. The summed E-state index contributed by atoms with van der Waals surface area (Å²) in [7, 11) is 3.55. The molecule has 1 atom stereocenters. The summed E-state index contributed by atoms with van der Waals surface area (Å²) >= 11 is 1.81. The lowest BCUT2D eigenvalue weighted by molar-refractivity contribution is -0.385. The molecule has 3 aromatic carbocycles. The normalized spacial score (nSPS) is 20.2.